The van der Waals surface area contributed by atoms with Crippen LogP contribution in [0.3, 0.4) is 0 Å². The minimum atomic E-state index is -0.523. The highest BCUT2D eigenvalue weighted by molar-refractivity contribution is 5.98. The predicted molar refractivity (Wildman–Crippen MR) is 58.1 cm³/mol. The number of primary amides is 1. The summed E-state index contributed by atoms with van der Waals surface area (Å²) in [6.45, 7) is 1.50. The van der Waals surface area contributed by atoms with Crippen LogP contribution in [0.2, 0.25) is 0 Å². The molecule has 1 amide bonds. The zero-order valence-corrected chi connectivity index (χ0v) is 8.80. The van der Waals surface area contributed by atoms with E-state index in [1.165, 1.54) is 6.92 Å². The molecule has 0 aliphatic carbocycles. The van der Waals surface area contributed by atoms with Gasteiger partial charge in [-0.15, -0.1) is 0 Å². The second-order valence-corrected chi connectivity index (χ2v) is 3.63. The van der Waals surface area contributed by atoms with Crippen molar-refractivity contribution in [1.29, 1.82) is 0 Å². The van der Waals surface area contributed by atoms with Gasteiger partial charge in [0.05, 0.1) is 11.3 Å². The maximum atomic E-state index is 11.1. The number of imidazole rings is 1. The monoisotopic (exact) mass is 217 g/mol. The van der Waals surface area contributed by atoms with Gasteiger partial charge in [0.25, 0.3) is 5.91 Å². The Morgan fingerprint density at radius 1 is 1.50 bits per heavy atom. The number of hydrogen-bond donors (Lipinski definition) is 1. The molecule has 0 aromatic carbocycles. The Kier molecular flexibility index (Phi) is 2.44. The van der Waals surface area contributed by atoms with Crippen LogP contribution in [-0.2, 0) is 11.2 Å². The van der Waals surface area contributed by atoms with Gasteiger partial charge in [-0.3, -0.25) is 9.59 Å². The highest BCUT2D eigenvalue weighted by Gasteiger charge is 2.10. The van der Waals surface area contributed by atoms with Crippen molar-refractivity contribution in [3.63, 3.8) is 0 Å². The number of nitrogens with zero attached hydrogens (tertiary/aromatic N) is 2. The van der Waals surface area contributed by atoms with E-state index in [9.17, 15) is 9.59 Å². The van der Waals surface area contributed by atoms with Gasteiger partial charge in [0, 0.05) is 18.8 Å². The van der Waals surface area contributed by atoms with Crippen molar-refractivity contribution < 1.29 is 9.59 Å². The number of amides is 1. The molecule has 0 unspecified atom stereocenters. The largest absolute Gasteiger partial charge is 0.365 e. The first-order chi connectivity index (χ1) is 7.58. The van der Waals surface area contributed by atoms with Crippen molar-refractivity contribution >= 4 is 17.3 Å². The van der Waals surface area contributed by atoms with Gasteiger partial charge >= 0.3 is 0 Å². The second kappa shape index (κ2) is 3.77. The standard InChI is InChI=1S/C11H11N3O2/c1-7(15)5-8-6-14-4-2-3-9(10(12)16)11(14)13-8/h2-4,6H,5H2,1H3,(H2,12,16). The Labute approximate surface area is 91.9 Å². The molecule has 82 valence electrons. The normalized spacial score (nSPS) is 10.6. The van der Waals surface area contributed by atoms with Gasteiger partial charge in [-0.05, 0) is 19.1 Å². The lowest BCUT2D eigenvalue weighted by Gasteiger charge is -1.97. The van der Waals surface area contributed by atoms with E-state index >= 15 is 0 Å². The molecule has 2 rings (SSSR count). The first-order valence-electron chi connectivity index (χ1n) is 4.84. The number of ketones is 1. The number of fused-ring (bicyclic) bond motifs is 1. The number of carbonyl (C=O) groups is 2. The summed E-state index contributed by atoms with van der Waals surface area (Å²) in [5, 5.41) is 0. The van der Waals surface area contributed by atoms with E-state index in [1.54, 1.807) is 28.9 Å². The Hall–Kier alpha value is -2.17. The van der Waals surface area contributed by atoms with Crippen LogP contribution in [0, 0.1) is 0 Å². The number of Topliss-reactive ketones (excluding diaryl/α,β-unsaturated/α-hetero) is 1. The van der Waals surface area contributed by atoms with Gasteiger partial charge in [0.2, 0.25) is 0 Å². The number of pyridine rings is 1. The summed E-state index contributed by atoms with van der Waals surface area (Å²) in [4.78, 5) is 26.3. The molecule has 2 aromatic heterocycles. The molecule has 0 saturated carbocycles. The lowest BCUT2D eigenvalue weighted by atomic mass is 10.2. The van der Waals surface area contributed by atoms with Crippen LogP contribution in [0.15, 0.2) is 24.5 Å². The number of carbonyl (C=O) groups excluding carboxylic acids is 2. The van der Waals surface area contributed by atoms with Crippen molar-refractivity contribution in [1.82, 2.24) is 9.38 Å². The van der Waals surface area contributed by atoms with E-state index in [-0.39, 0.29) is 12.2 Å². The molecular weight excluding hydrogens is 206 g/mol. The number of nitrogens with two attached hydrogens (primary N) is 1. The Bertz CT molecular complexity index is 572. The van der Waals surface area contributed by atoms with Crippen molar-refractivity contribution in [2.24, 2.45) is 5.73 Å². The minimum absolute atomic E-state index is 0.0315. The predicted octanol–water partition coefficient (Wildman–Crippen LogP) is 0.565. The first-order valence-corrected chi connectivity index (χ1v) is 4.84. The average Bonchev–Trinajstić information content (AvgIpc) is 2.57. The van der Waals surface area contributed by atoms with E-state index < -0.39 is 5.91 Å². The van der Waals surface area contributed by atoms with Crippen LogP contribution >= 0.6 is 0 Å². The third-order valence-electron chi connectivity index (χ3n) is 2.23. The topological polar surface area (TPSA) is 77.5 Å². The third-order valence-corrected chi connectivity index (χ3v) is 2.23. The molecule has 0 aliphatic heterocycles. The quantitative estimate of drug-likeness (QED) is 0.816. The summed E-state index contributed by atoms with van der Waals surface area (Å²) in [5.74, 6) is -0.491. The van der Waals surface area contributed by atoms with Gasteiger partial charge in [-0.25, -0.2) is 4.98 Å². The van der Waals surface area contributed by atoms with Crippen LogP contribution in [-0.4, -0.2) is 21.1 Å². The van der Waals surface area contributed by atoms with E-state index in [1.807, 2.05) is 0 Å². The second-order valence-electron chi connectivity index (χ2n) is 3.63. The van der Waals surface area contributed by atoms with Gasteiger partial charge < -0.3 is 10.1 Å². The number of hydrogen-bond acceptors (Lipinski definition) is 3. The molecule has 5 heteroatoms. The smallest absolute Gasteiger partial charge is 0.252 e. The molecule has 2 heterocycles. The summed E-state index contributed by atoms with van der Waals surface area (Å²) in [5.41, 5.74) is 6.72. The fourth-order valence-corrected chi connectivity index (χ4v) is 1.60. The van der Waals surface area contributed by atoms with Gasteiger partial charge in [0.1, 0.15) is 11.4 Å². The molecule has 16 heavy (non-hydrogen) atoms. The first kappa shape index (κ1) is 10.4. The molecular formula is C11H11N3O2. The fraction of sp³-hybridized carbons (Fsp3) is 0.182. The zero-order chi connectivity index (χ0) is 11.7. The van der Waals surface area contributed by atoms with Crippen molar-refractivity contribution in [2.75, 3.05) is 0 Å². The van der Waals surface area contributed by atoms with Crippen LogP contribution in [0.4, 0.5) is 0 Å². The highest BCUT2D eigenvalue weighted by atomic mass is 16.1. The van der Waals surface area contributed by atoms with E-state index in [2.05, 4.69) is 4.98 Å². The maximum absolute atomic E-state index is 11.1. The Morgan fingerprint density at radius 2 is 2.25 bits per heavy atom. The average molecular weight is 217 g/mol. The Balaban J connectivity index is 2.56. The van der Waals surface area contributed by atoms with E-state index in [0.717, 1.165) is 0 Å². The zero-order valence-electron chi connectivity index (χ0n) is 8.80. The highest BCUT2D eigenvalue weighted by Crippen LogP contribution is 2.11. The van der Waals surface area contributed by atoms with Crippen molar-refractivity contribution in [3.8, 4) is 0 Å². The third kappa shape index (κ3) is 1.79. The molecule has 0 radical (unpaired) electrons. The lowest BCUT2D eigenvalue weighted by Crippen LogP contribution is -2.12. The molecule has 0 spiro atoms. The summed E-state index contributed by atoms with van der Waals surface area (Å²) in [6, 6.07) is 3.33. The number of aromatic nitrogens is 2. The molecule has 0 fully saturated rings. The fourth-order valence-electron chi connectivity index (χ4n) is 1.60. The lowest BCUT2D eigenvalue weighted by molar-refractivity contribution is -0.116. The van der Waals surface area contributed by atoms with Gasteiger partial charge in [-0.1, -0.05) is 0 Å². The summed E-state index contributed by atoms with van der Waals surface area (Å²) >= 11 is 0. The van der Waals surface area contributed by atoms with Gasteiger partial charge in [0.15, 0.2) is 0 Å². The van der Waals surface area contributed by atoms with Crippen LogP contribution in [0.1, 0.15) is 23.0 Å². The summed E-state index contributed by atoms with van der Waals surface area (Å²) in [7, 11) is 0. The van der Waals surface area contributed by atoms with Crippen molar-refractivity contribution in [2.45, 2.75) is 13.3 Å². The van der Waals surface area contributed by atoms with E-state index in [0.29, 0.717) is 16.9 Å². The summed E-state index contributed by atoms with van der Waals surface area (Å²) < 4.78 is 1.69. The number of rotatable bonds is 3. The molecule has 0 bridgehead atoms. The van der Waals surface area contributed by atoms with Gasteiger partial charge in [-0.2, -0.15) is 0 Å². The molecule has 0 saturated heterocycles. The molecule has 0 aliphatic rings. The van der Waals surface area contributed by atoms with E-state index in [4.69, 9.17) is 5.73 Å². The van der Waals surface area contributed by atoms with Crippen LogP contribution in [0.25, 0.3) is 5.65 Å². The SMILES string of the molecule is CC(=O)Cc1cn2cccc(C(N)=O)c2n1. The maximum Gasteiger partial charge on any atom is 0.252 e. The molecule has 5 nitrogen and oxygen atoms in total. The van der Waals surface area contributed by atoms with Crippen LogP contribution < -0.4 is 5.73 Å². The Morgan fingerprint density at radius 3 is 2.88 bits per heavy atom. The molecule has 2 aromatic rings. The molecule has 2 N–H and O–H groups in total. The minimum Gasteiger partial charge on any atom is -0.365 e. The summed E-state index contributed by atoms with van der Waals surface area (Å²) in [6.07, 6.45) is 3.75. The van der Waals surface area contributed by atoms with Crippen molar-refractivity contribution in [3.05, 3.63) is 35.8 Å². The van der Waals surface area contributed by atoms with Crippen LogP contribution in [0.5, 0.6) is 0 Å². The molecule has 0 atom stereocenters.